The molecule has 2 rings (SSSR count). The van der Waals surface area contributed by atoms with Crippen molar-refractivity contribution in [2.24, 2.45) is 0 Å². The molecular weight excluding hydrogens is 420 g/mol. The maximum absolute atomic E-state index is 12.4. The van der Waals surface area contributed by atoms with Crippen LogP contribution in [0, 0.1) is 0 Å². The summed E-state index contributed by atoms with van der Waals surface area (Å²) in [5.74, 6) is -0.294. The van der Waals surface area contributed by atoms with Crippen molar-refractivity contribution in [1.82, 2.24) is 10.9 Å². The van der Waals surface area contributed by atoms with Gasteiger partial charge in [0, 0.05) is 9.50 Å². The van der Waals surface area contributed by atoms with E-state index in [4.69, 9.17) is 16.3 Å². The lowest BCUT2D eigenvalue weighted by atomic mass is 10.1. The molecule has 7 heteroatoms. The first-order valence-electron chi connectivity index (χ1n) is 8.25. The fraction of sp³-hybridized carbons (Fsp3) is 0.263. The van der Waals surface area contributed by atoms with E-state index in [1.165, 1.54) is 0 Å². The van der Waals surface area contributed by atoms with E-state index in [0.717, 1.165) is 22.9 Å². The summed E-state index contributed by atoms with van der Waals surface area (Å²) in [6, 6.07) is 12.1. The molecule has 0 heterocycles. The van der Waals surface area contributed by atoms with E-state index in [1.807, 2.05) is 0 Å². The van der Waals surface area contributed by atoms with E-state index in [2.05, 4.69) is 33.7 Å². The van der Waals surface area contributed by atoms with Crippen LogP contribution < -0.4 is 15.6 Å². The number of carbonyl (C=O) groups is 2. The molecule has 0 aliphatic heterocycles. The third kappa shape index (κ3) is 6.35. The molecular formula is C19H20BrClN2O3. The van der Waals surface area contributed by atoms with Gasteiger partial charge >= 0.3 is 0 Å². The highest BCUT2D eigenvalue weighted by Gasteiger charge is 2.14. The fourth-order valence-electron chi connectivity index (χ4n) is 2.16. The number of carbonyl (C=O) groups excluding carboxylic acids is 2. The first-order chi connectivity index (χ1) is 12.5. The van der Waals surface area contributed by atoms with Gasteiger partial charge in [-0.1, -0.05) is 53.0 Å². The van der Waals surface area contributed by atoms with Crippen LogP contribution in [-0.2, 0) is 11.2 Å². The molecule has 2 aromatic carbocycles. The summed E-state index contributed by atoms with van der Waals surface area (Å²) >= 11 is 9.16. The van der Waals surface area contributed by atoms with Crippen LogP contribution >= 0.6 is 27.5 Å². The number of amides is 2. The zero-order valence-electron chi connectivity index (χ0n) is 14.4. The largest absolute Gasteiger partial charge is 0.493 e. The van der Waals surface area contributed by atoms with E-state index in [9.17, 15) is 9.59 Å². The minimum Gasteiger partial charge on any atom is -0.493 e. The smallest absolute Gasteiger partial charge is 0.273 e. The van der Waals surface area contributed by atoms with Crippen LogP contribution in [-0.4, -0.2) is 18.4 Å². The van der Waals surface area contributed by atoms with Crippen LogP contribution in [0.15, 0.2) is 46.9 Å². The van der Waals surface area contributed by atoms with Crippen molar-refractivity contribution >= 4 is 39.3 Å². The first kappa shape index (κ1) is 20.3. The van der Waals surface area contributed by atoms with Crippen LogP contribution in [0.25, 0.3) is 0 Å². The van der Waals surface area contributed by atoms with E-state index in [1.54, 1.807) is 42.5 Å². The lowest BCUT2D eigenvalue weighted by molar-refractivity contribution is -0.121. The van der Waals surface area contributed by atoms with Gasteiger partial charge in [0.15, 0.2) is 0 Å². The standard InChI is InChI=1S/C19H20BrClN2O3/c1-2-3-10-26-17-9-6-14(20)12-16(17)19(25)23-22-18(24)11-13-4-7-15(21)8-5-13/h4-9,12H,2-3,10-11H2,1H3,(H,22,24)(H,23,25). The second kappa shape index (κ2) is 10.2. The van der Waals surface area contributed by atoms with Gasteiger partial charge in [0.05, 0.1) is 18.6 Å². The van der Waals surface area contributed by atoms with Gasteiger partial charge in [0.2, 0.25) is 5.91 Å². The summed E-state index contributed by atoms with van der Waals surface area (Å²) in [6.07, 6.45) is 2.03. The van der Waals surface area contributed by atoms with E-state index in [-0.39, 0.29) is 12.3 Å². The molecule has 0 saturated carbocycles. The zero-order chi connectivity index (χ0) is 18.9. The zero-order valence-corrected chi connectivity index (χ0v) is 16.7. The normalized spacial score (nSPS) is 10.3. The van der Waals surface area contributed by atoms with Gasteiger partial charge in [-0.05, 0) is 42.3 Å². The SMILES string of the molecule is CCCCOc1ccc(Br)cc1C(=O)NNC(=O)Cc1ccc(Cl)cc1. The Balaban J connectivity index is 1.95. The molecule has 0 bridgehead atoms. The number of ether oxygens (including phenoxy) is 1. The van der Waals surface area contributed by atoms with Crippen LogP contribution in [0.4, 0.5) is 0 Å². The van der Waals surface area contributed by atoms with E-state index >= 15 is 0 Å². The lowest BCUT2D eigenvalue weighted by Crippen LogP contribution is -2.42. The molecule has 0 aliphatic rings. The highest BCUT2D eigenvalue weighted by Crippen LogP contribution is 2.23. The topological polar surface area (TPSA) is 67.4 Å². The van der Waals surface area contributed by atoms with Crippen LogP contribution in [0.1, 0.15) is 35.7 Å². The molecule has 26 heavy (non-hydrogen) atoms. The van der Waals surface area contributed by atoms with Gasteiger partial charge in [-0.2, -0.15) is 0 Å². The average molecular weight is 440 g/mol. The molecule has 2 aromatic rings. The van der Waals surface area contributed by atoms with Crippen molar-refractivity contribution in [3.8, 4) is 5.75 Å². The molecule has 2 N–H and O–H groups in total. The molecule has 2 amide bonds. The lowest BCUT2D eigenvalue weighted by Gasteiger charge is -2.13. The summed E-state index contributed by atoms with van der Waals surface area (Å²) in [6.45, 7) is 2.59. The van der Waals surface area contributed by atoms with Gasteiger partial charge in [-0.15, -0.1) is 0 Å². The number of hydrogen-bond acceptors (Lipinski definition) is 3. The Kier molecular flexibility index (Phi) is 7.94. The summed E-state index contributed by atoms with van der Waals surface area (Å²) < 4.78 is 6.41. The summed E-state index contributed by atoms with van der Waals surface area (Å²) in [7, 11) is 0. The molecule has 0 radical (unpaired) electrons. The maximum atomic E-state index is 12.4. The summed E-state index contributed by atoms with van der Waals surface area (Å²) in [5, 5.41) is 0.604. The predicted molar refractivity (Wildman–Crippen MR) is 105 cm³/mol. The number of hydrogen-bond donors (Lipinski definition) is 2. The molecule has 0 spiro atoms. The molecule has 0 aromatic heterocycles. The van der Waals surface area contributed by atoms with Gasteiger partial charge < -0.3 is 4.74 Å². The monoisotopic (exact) mass is 438 g/mol. The van der Waals surface area contributed by atoms with Crippen molar-refractivity contribution < 1.29 is 14.3 Å². The molecule has 0 saturated heterocycles. The Morgan fingerprint density at radius 3 is 2.54 bits per heavy atom. The van der Waals surface area contributed by atoms with Crippen molar-refractivity contribution in [1.29, 1.82) is 0 Å². The summed E-state index contributed by atoms with van der Waals surface area (Å²) in [4.78, 5) is 24.4. The highest BCUT2D eigenvalue weighted by atomic mass is 79.9. The molecule has 0 unspecified atom stereocenters. The first-order valence-corrected chi connectivity index (χ1v) is 9.42. The van der Waals surface area contributed by atoms with Gasteiger partial charge in [0.1, 0.15) is 5.75 Å². The van der Waals surface area contributed by atoms with Crippen molar-refractivity contribution in [2.75, 3.05) is 6.61 Å². The number of benzene rings is 2. The molecule has 138 valence electrons. The van der Waals surface area contributed by atoms with Gasteiger partial charge in [-0.3, -0.25) is 20.4 Å². The molecule has 0 atom stereocenters. The quantitative estimate of drug-likeness (QED) is 0.500. The van der Waals surface area contributed by atoms with Gasteiger partial charge in [-0.25, -0.2) is 0 Å². The molecule has 0 aliphatic carbocycles. The number of halogens is 2. The van der Waals surface area contributed by atoms with Crippen LogP contribution in [0.3, 0.4) is 0 Å². The second-order valence-electron chi connectivity index (χ2n) is 5.65. The number of nitrogens with one attached hydrogen (secondary N) is 2. The number of unbranched alkanes of at least 4 members (excludes halogenated alkanes) is 1. The third-order valence-corrected chi connectivity index (χ3v) is 4.28. The van der Waals surface area contributed by atoms with Crippen molar-refractivity contribution in [2.45, 2.75) is 26.2 Å². The Labute approximate surface area is 166 Å². The number of hydrazine groups is 1. The Morgan fingerprint density at radius 1 is 1.12 bits per heavy atom. The summed E-state index contributed by atoms with van der Waals surface area (Å²) in [5.41, 5.74) is 5.99. The van der Waals surface area contributed by atoms with Crippen molar-refractivity contribution in [3.63, 3.8) is 0 Å². The minimum atomic E-state index is -0.442. The van der Waals surface area contributed by atoms with E-state index < -0.39 is 5.91 Å². The van der Waals surface area contributed by atoms with Gasteiger partial charge in [0.25, 0.3) is 5.91 Å². The third-order valence-electron chi connectivity index (χ3n) is 3.54. The Morgan fingerprint density at radius 2 is 1.85 bits per heavy atom. The number of rotatable bonds is 7. The maximum Gasteiger partial charge on any atom is 0.273 e. The fourth-order valence-corrected chi connectivity index (χ4v) is 2.64. The molecule has 0 fully saturated rings. The highest BCUT2D eigenvalue weighted by molar-refractivity contribution is 9.10. The molecule has 5 nitrogen and oxygen atoms in total. The van der Waals surface area contributed by atoms with Crippen LogP contribution in [0.2, 0.25) is 5.02 Å². The minimum absolute atomic E-state index is 0.135. The van der Waals surface area contributed by atoms with Crippen molar-refractivity contribution in [3.05, 3.63) is 63.1 Å². The van der Waals surface area contributed by atoms with E-state index in [0.29, 0.717) is 22.9 Å². The van der Waals surface area contributed by atoms with Crippen LogP contribution in [0.5, 0.6) is 5.75 Å². The Hall–Kier alpha value is -2.05. The predicted octanol–water partition coefficient (Wildman–Crippen LogP) is 4.29. The Bertz CT molecular complexity index is 766. The average Bonchev–Trinajstić information content (AvgIpc) is 2.63. The second-order valence-corrected chi connectivity index (χ2v) is 7.00.